The van der Waals surface area contributed by atoms with Gasteiger partial charge in [0.2, 0.25) is 0 Å². The molecule has 0 aromatic heterocycles. The SMILES string of the molecule is CN=C(NCCOc1ccccc1)NCCN(C)C(C)C.I. The van der Waals surface area contributed by atoms with E-state index in [9.17, 15) is 0 Å². The maximum absolute atomic E-state index is 5.62. The maximum atomic E-state index is 5.62. The van der Waals surface area contributed by atoms with Crippen LogP contribution in [0, 0.1) is 0 Å². The lowest BCUT2D eigenvalue weighted by atomic mass is 10.3. The summed E-state index contributed by atoms with van der Waals surface area (Å²) >= 11 is 0. The van der Waals surface area contributed by atoms with Gasteiger partial charge in [0.25, 0.3) is 0 Å². The van der Waals surface area contributed by atoms with Crippen molar-refractivity contribution in [3.63, 3.8) is 0 Å². The van der Waals surface area contributed by atoms with Gasteiger partial charge in [-0.1, -0.05) is 18.2 Å². The highest BCUT2D eigenvalue weighted by Crippen LogP contribution is 2.07. The van der Waals surface area contributed by atoms with Gasteiger partial charge in [0.15, 0.2) is 5.96 Å². The molecule has 22 heavy (non-hydrogen) atoms. The molecule has 0 unspecified atom stereocenters. The van der Waals surface area contributed by atoms with Crippen molar-refractivity contribution in [2.24, 2.45) is 4.99 Å². The summed E-state index contributed by atoms with van der Waals surface area (Å²) in [5.74, 6) is 1.70. The van der Waals surface area contributed by atoms with Crippen molar-refractivity contribution in [2.45, 2.75) is 19.9 Å². The first-order valence-corrected chi connectivity index (χ1v) is 7.46. The van der Waals surface area contributed by atoms with Crippen molar-refractivity contribution in [1.82, 2.24) is 15.5 Å². The zero-order chi connectivity index (χ0) is 15.5. The standard InChI is InChI=1S/C16H28N4O.HI/c1-14(2)20(4)12-10-18-16(17-3)19-11-13-21-15-8-6-5-7-9-15;/h5-9,14H,10-13H2,1-4H3,(H2,17,18,19);1H. The van der Waals surface area contributed by atoms with Crippen LogP contribution in [0.2, 0.25) is 0 Å². The second-order valence-electron chi connectivity index (χ2n) is 5.16. The van der Waals surface area contributed by atoms with Crippen LogP contribution in [-0.2, 0) is 0 Å². The average Bonchev–Trinajstić information content (AvgIpc) is 2.50. The number of rotatable bonds is 8. The normalized spacial score (nSPS) is 11.3. The molecule has 0 fully saturated rings. The van der Waals surface area contributed by atoms with E-state index in [2.05, 4.69) is 41.4 Å². The van der Waals surface area contributed by atoms with Gasteiger partial charge in [0.05, 0.1) is 6.54 Å². The van der Waals surface area contributed by atoms with Gasteiger partial charge in [-0.2, -0.15) is 0 Å². The third-order valence-electron chi connectivity index (χ3n) is 3.27. The Morgan fingerprint density at radius 1 is 1.18 bits per heavy atom. The summed E-state index contributed by atoms with van der Waals surface area (Å²) in [7, 11) is 3.90. The van der Waals surface area contributed by atoms with Crippen molar-refractivity contribution < 1.29 is 4.74 Å². The molecule has 0 heterocycles. The predicted octanol–water partition coefficient (Wildman–Crippen LogP) is 2.19. The molecular weight excluding hydrogens is 391 g/mol. The summed E-state index contributed by atoms with van der Waals surface area (Å²) in [6.07, 6.45) is 0. The number of para-hydroxylation sites is 1. The Hall–Kier alpha value is -1.02. The highest BCUT2D eigenvalue weighted by Gasteiger charge is 2.03. The van der Waals surface area contributed by atoms with Gasteiger partial charge in [-0.3, -0.25) is 4.99 Å². The van der Waals surface area contributed by atoms with E-state index in [1.165, 1.54) is 0 Å². The Morgan fingerprint density at radius 2 is 1.82 bits per heavy atom. The fourth-order valence-electron chi connectivity index (χ4n) is 1.68. The van der Waals surface area contributed by atoms with Crippen molar-refractivity contribution in [3.05, 3.63) is 30.3 Å². The van der Waals surface area contributed by atoms with Gasteiger partial charge in [-0.25, -0.2) is 0 Å². The topological polar surface area (TPSA) is 48.9 Å². The number of hydrogen-bond acceptors (Lipinski definition) is 3. The summed E-state index contributed by atoms with van der Waals surface area (Å²) in [6, 6.07) is 10.4. The van der Waals surface area contributed by atoms with Crippen molar-refractivity contribution >= 4 is 29.9 Å². The number of nitrogens with one attached hydrogen (secondary N) is 2. The molecule has 0 spiro atoms. The molecule has 0 saturated carbocycles. The molecular formula is C16H29IN4O. The van der Waals surface area contributed by atoms with E-state index in [4.69, 9.17) is 4.74 Å². The number of likely N-dealkylation sites (N-methyl/N-ethyl adjacent to an activating group) is 1. The molecule has 1 rings (SSSR count). The second-order valence-corrected chi connectivity index (χ2v) is 5.16. The first kappa shape index (κ1) is 21.0. The minimum atomic E-state index is 0. The largest absolute Gasteiger partial charge is 0.492 e. The minimum absolute atomic E-state index is 0. The van der Waals surface area contributed by atoms with Crippen molar-refractivity contribution in [3.8, 4) is 5.75 Å². The maximum Gasteiger partial charge on any atom is 0.191 e. The highest BCUT2D eigenvalue weighted by atomic mass is 127. The van der Waals surface area contributed by atoms with Crippen LogP contribution in [0.4, 0.5) is 0 Å². The van der Waals surface area contributed by atoms with Crippen LogP contribution >= 0.6 is 24.0 Å². The van der Waals surface area contributed by atoms with Gasteiger partial charge in [0, 0.05) is 26.2 Å². The van der Waals surface area contributed by atoms with Crippen LogP contribution in [0.1, 0.15) is 13.8 Å². The van der Waals surface area contributed by atoms with E-state index in [-0.39, 0.29) is 24.0 Å². The molecule has 126 valence electrons. The second kappa shape index (κ2) is 12.5. The molecule has 0 amide bonds. The van der Waals surface area contributed by atoms with E-state index >= 15 is 0 Å². The van der Waals surface area contributed by atoms with Crippen LogP contribution in [0.25, 0.3) is 0 Å². The summed E-state index contributed by atoms with van der Waals surface area (Å²) in [4.78, 5) is 6.49. The molecule has 6 heteroatoms. The van der Waals surface area contributed by atoms with Gasteiger partial charge >= 0.3 is 0 Å². The van der Waals surface area contributed by atoms with E-state index in [0.29, 0.717) is 19.2 Å². The number of hydrogen-bond donors (Lipinski definition) is 2. The predicted molar refractivity (Wildman–Crippen MR) is 104 cm³/mol. The number of halogens is 1. The molecule has 1 aromatic rings. The van der Waals surface area contributed by atoms with Crippen molar-refractivity contribution in [1.29, 1.82) is 0 Å². The Bertz CT molecular complexity index is 412. The fourth-order valence-corrected chi connectivity index (χ4v) is 1.68. The third kappa shape index (κ3) is 9.09. The zero-order valence-electron chi connectivity index (χ0n) is 14.0. The molecule has 5 nitrogen and oxygen atoms in total. The molecule has 0 aliphatic rings. The number of aliphatic imine (C=N–C) groups is 1. The molecule has 0 aliphatic heterocycles. The van der Waals surface area contributed by atoms with E-state index < -0.39 is 0 Å². The first-order valence-electron chi connectivity index (χ1n) is 7.46. The summed E-state index contributed by atoms with van der Waals surface area (Å²) in [5.41, 5.74) is 0. The molecule has 0 radical (unpaired) electrons. The van der Waals surface area contributed by atoms with Crippen LogP contribution in [-0.4, -0.2) is 57.2 Å². The number of ether oxygens (including phenoxy) is 1. The molecule has 0 aliphatic carbocycles. The monoisotopic (exact) mass is 420 g/mol. The van der Waals surface area contributed by atoms with Crippen LogP contribution in [0.15, 0.2) is 35.3 Å². The number of guanidine groups is 1. The molecule has 2 N–H and O–H groups in total. The van der Waals surface area contributed by atoms with Gasteiger partial charge in [-0.15, -0.1) is 24.0 Å². The zero-order valence-corrected chi connectivity index (χ0v) is 16.3. The average molecular weight is 420 g/mol. The third-order valence-corrected chi connectivity index (χ3v) is 3.27. The summed E-state index contributed by atoms with van der Waals surface area (Å²) in [6.45, 7) is 7.56. The lowest BCUT2D eigenvalue weighted by Crippen LogP contribution is -2.43. The summed E-state index contributed by atoms with van der Waals surface area (Å²) in [5, 5.41) is 6.53. The fraction of sp³-hybridized carbons (Fsp3) is 0.562. The van der Waals surface area contributed by atoms with Gasteiger partial charge in [-0.05, 0) is 33.0 Å². The van der Waals surface area contributed by atoms with E-state index in [0.717, 1.165) is 24.8 Å². The van der Waals surface area contributed by atoms with Crippen molar-refractivity contribution in [2.75, 3.05) is 40.3 Å². The minimum Gasteiger partial charge on any atom is -0.492 e. The molecule has 1 aromatic carbocycles. The van der Waals surface area contributed by atoms with Crippen LogP contribution in [0.5, 0.6) is 5.75 Å². The van der Waals surface area contributed by atoms with Gasteiger partial charge in [0.1, 0.15) is 12.4 Å². The van der Waals surface area contributed by atoms with Crippen LogP contribution < -0.4 is 15.4 Å². The Balaban J connectivity index is 0.00000441. The van der Waals surface area contributed by atoms with Gasteiger partial charge < -0.3 is 20.3 Å². The molecule has 0 atom stereocenters. The molecule has 0 saturated heterocycles. The Labute approximate surface area is 151 Å². The summed E-state index contributed by atoms with van der Waals surface area (Å²) < 4.78 is 5.62. The van der Waals surface area contributed by atoms with E-state index in [1.54, 1.807) is 7.05 Å². The Morgan fingerprint density at radius 3 is 2.41 bits per heavy atom. The number of nitrogens with zero attached hydrogens (tertiary/aromatic N) is 2. The smallest absolute Gasteiger partial charge is 0.191 e. The lowest BCUT2D eigenvalue weighted by Gasteiger charge is -2.21. The first-order chi connectivity index (χ1) is 10.1. The lowest BCUT2D eigenvalue weighted by molar-refractivity contribution is 0.278. The van der Waals surface area contributed by atoms with E-state index in [1.807, 2.05) is 30.3 Å². The molecule has 0 bridgehead atoms. The highest BCUT2D eigenvalue weighted by molar-refractivity contribution is 14.0. The Kier molecular flexibility index (Phi) is 11.9. The quantitative estimate of drug-likeness (QED) is 0.293. The number of benzene rings is 1. The van der Waals surface area contributed by atoms with Crippen LogP contribution in [0.3, 0.4) is 0 Å².